The summed E-state index contributed by atoms with van der Waals surface area (Å²) in [6, 6.07) is 16.8. The number of nitrogens with two attached hydrogens (primary N) is 1. The van der Waals surface area contributed by atoms with E-state index in [9.17, 15) is 4.79 Å². The molecule has 182 valence electrons. The van der Waals surface area contributed by atoms with Gasteiger partial charge in [0, 0.05) is 28.7 Å². The van der Waals surface area contributed by atoms with Gasteiger partial charge in [-0.1, -0.05) is 82.7 Å². The summed E-state index contributed by atoms with van der Waals surface area (Å²) >= 11 is 0. The fourth-order valence-electron chi connectivity index (χ4n) is 4.05. The molecular weight excluding hydrogens is 418 g/mol. The summed E-state index contributed by atoms with van der Waals surface area (Å²) < 4.78 is 0. The minimum Gasteiger partial charge on any atom is -0.399 e. The number of rotatable bonds is 9. The number of allylic oxidation sites excluding steroid dienone is 3. The van der Waals surface area contributed by atoms with Crippen LogP contribution in [0.25, 0.3) is 0 Å². The van der Waals surface area contributed by atoms with Gasteiger partial charge in [0.1, 0.15) is 0 Å². The lowest BCUT2D eigenvalue weighted by atomic mass is 10.1. The normalized spacial score (nSPS) is 14.2. The number of hydrogen-bond acceptors (Lipinski definition) is 3. The summed E-state index contributed by atoms with van der Waals surface area (Å²) in [4.78, 5) is 12.7. The third-order valence-corrected chi connectivity index (χ3v) is 5.78. The summed E-state index contributed by atoms with van der Waals surface area (Å²) in [5.41, 5.74) is 13.4. The van der Waals surface area contributed by atoms with E-state index in [1.807, 2.05) is 32.9 Å². The number of anilines is 1. The molecule has 0 spiro atoms. The Morgan fingerprint density at radius 2 is 1.62 bits per heavy atom. The Balaban J connectivity index is 0.00000199. The van der Waals surface area contributed by atoms with Crippen molar-refractivity contribution in [3.8, 4) is 0 Å². The first-order valence-corrected chi connectivity index (χ1v) is 12.6. The Morgan fingerprint density at radius 3 is 2.24 bits per heavy atom. The third kappa shape index (κ3) is 7.95. The highest BCUT2D eigenvalue weighted by Gasteiger charge is 2.22. The molecule has 1 aliphatic carbocycles. The van der Waals surface area contributed by atoms with Gasteiger partial charge < -0.3 is 16.4 Å². The summed E-state index contributed by atoms with van der Waals surface area (Å²) in [5.74, 6) is -0.0671. The maximum absolute atomic E-state index is 12.7. The summed E-state index contributed by atoms with van der Waals surface area (Å²) in [6.07, 6.45) is 10.5. The molecule has 0 unspecified atom stereocenters. The van der Waals surface area contributed by atoms with Gasteiger partial charge in [0.25, 0.3) is 0 Å². The maximum Gasteiger partial charge on any atom is 0.247 e. The molecule has 3 rings (SSSR count). The second-order valence-corrected chi connectivity index (χ2v) is 8.40. The molecule has 0 saturated heterocycles. The van der Waals surface area contributed by atoms with Crippen LogP contribution in [0, 0.1) is 0 Å². The molecule has 4 N–H and O–H groups in total. The van der Waals surface area contributed by atoms with Crippen molar-refractivity contribution in [1.29, 1.82) is 0 Å². The first-order chi connectivity index (χ1) is 16.5. The molecule has 0 aromatic heterocycles. The van der Waals surface area contributed by atoms with E-state index in [2.05, 4.69) is 73.0 Å². The minimum atomic E-state index is -0.0671. The lowest BCUT2D eigenvalue weighted by Gasteiger charge is -2.13. The van der Waals surface area contributed by atoms with E-state index in [1.54, 1.807) is 6.08 Å². The maximum atomic E-state index is 12.7. The van der Waals surface area contributed by atoms with Crippen molar-refractivity contribution in [3.63, 3.8) is 0 Å². The van der Waals surface area contributed by atoms with E-state index in [4.69, 9.17) is 5.73 Å². The van der Waals surface area contributed by atoms with Crippen LogP contribution in [0.2, 0.25) is 0 Å². The van der Waals surface area contributed by atoms with E-state index < -0.39 is 0 Å². The highest BCUT2D eigenvalue weighted by molar-refractivity contribution is 5.93. The van der Waals surface area contributed by atoms with Crippen molar-refractivity contribution < 1.29 is 4.79 Å². The Hall–Kier alpha value is -3.27. The molecule has 0 bridgehead atoms. The number of para-hydroxylation sites is 1. The number of amides is 1. The molecule has 0 atom stereocenters. The molecular formula is C30H41N3O. The lowest BCUT2D eigenvalue weighted by Crippen LogP contribution is -2.35. The zero-order chi connectivity index (χ0) is 24.9. The second-order valence-electron chi connectivity index (χ2n) is 8.40. The number of nitrogens with one attached hydrogen (secondary N) is 2. The molecule has 1 amide bonds. The van der Waals surface area contributed by atoms with E-state index in [0.717, 1.165) is 43.5 Å². The van der Waals surface area contributed by atoms with Gasteiger partial charge in [0.2, 0.25) is 5.91 Å². The highest BCUT2D eigenvalue weighted by atomic mass is 16.1. The smallest absolute Gasteiger partial charge is 0.247 e. The number of benzene rings is 2. The van der Waals surface area contributed by atoms with Crippen LogP contribution in [0.1, 0.15) is 64.2 Å². The van der Waals surface area contributed by atoms with Crippen LogP contribution in [0.5, 0.6) is 0 Å². The summed E-state index contributed by atoms with van der Waals surface area (Å²) in [7, 11) is 0. The molecule has 4 heteroatoms. The lowest BCUT2D eigenvalue weighted by molar-refractivity contribution is -0.118. The summed E-state index contributed by atoms with van der Waals surface area (Å²) in [6.45, 7) is 10.1. The monoisotopic (exact) mass is 459 g/mol. The van der Waals surface area contributed by atoms with E-state index in [0.29, 0.717) is 11.3 Å². The second kappa shape index (κ2) is 14.1. The van der Waals surface area contributed by atoms with Crippen LogP contribution >= 0.6 is 0 Å². The number of carbonyl (C=O) groups excluding carboxylic acids is 1. The van der Waals surface area contributed by atoms with E-state index >= 15 is 0 Å². The topological polar surface area (TPSA) is 67.2 Å². The molecule has 0 radical (unpaired) electrons. The molecule has 1 aliphatic rings. The van der Waals surface area contributed by atoms with E-state index in [1.165, 1.54) is 16.7 Å². The van der Waals surface area contributed by atoms with Crippen molar-refractivity contribution >= 4 is 11.6 Å². The predicted octanol–water partition coefficient (Wildman–Crippen LogP) is 6.44. The van der Waals surface area contributed by atoms with Crippen molar-refractivity contribution in [2.45, 2.75) is 72.8 Å². The highest BCUT2D eigenvalue weighted by Crippen LogP contribution is 2.22. The van der Waals surface area contributed by atoms with Gasteiger partial charge >= 0.3 is 0 Å². The van der Waals surface area contributed by atoms with Crippen LogP contribution in [0.4, 0.5) is 5.69 Å². The van der Waals surface area contributed by atoms with Crippen molar-refractivity contribution in [3.05, 3.63) is 100 Å². The van der Waals surface area contributed by atoms with Crippen molar-refractivity contribution in [1.82, 2.24) is 5.32 Å². The van der Waals surface area contributed by atoms with Crippen LogP contribution in [0.3, 0.4) is 0 Å². The molecule has 0 saturated carbocycles. The quantitative estimate of drug-likeness (QED) is 0.298. The van der Waals surface area contributed by atoms with Crippen LogP contribution in [-0.2, 0) is 24.1 Å². The Bertz CT molecular complexity index is 1010. The van der Waals surface area contributed by atoms with Gasteiger partial charge in [0.05, 0.1) is 0 Å². The molecule has 34 heavy (non-hydrogen) atoms. The molecule has 0 fully saturated rings. The number of hydrogen-bond donors (Lipinski definition) is 3. The average Bonchev–Trinajstić information content (AvgIpc) is 3.26. The first-order valence-electron chi connectivity index (χ1n) is 12.6. The predicted molar refractivity (Wildman–Crippen MR) is 146 cm³/mol. The number of fused-ring (bicyclic) bond motifs is 1. The van der Waals surface area contributed by atoms with Gasteiger partial charge in [-0.25, -0.2) is 0 Å². The van der Waals surface area contributed by atoms with Gasteiger partial charge in [-0.05, 0) is 67.5 Å². The van der Waals surface area contributed by atoms with Gasteiger partial charge in [-0.3, -0.25) is 4.79 Å². The SMILES string of the molecule is CC.CCC/C=C(/C=C(N)\C=C(/C)C(=O)NC1Cc2ccccc2C1)Nc1ccccc1CC. The number of aryl methyl sites for hydroxylation is 1. The summed E-state index contributed by atoms with van der Waals surface area (Å²) in [5, 5.41) is 6.66. The molecule has 4 nitrogen and oxygen atoms in total. The van der Waals surface area contributed by atoms with Gasteiger partial charge in [-0.2, -0.15) is 0 Å². The fraction of sp³-hybridized carbons (Fsp3) is 0.367. The van der Waals surface area contributed by atoms with Crippen LogP contribution in [-0.4, -0.2) is 11.9 Å². The first kappa shape index (κ1) is 27.0. The van der Waals surface area contributed by atoms with Crippen LogP contribution in [0.15, 0.2) is 83.7 Å². The Labute approximate surface area is 206 Å². The molecule has 0 aliphatic heterocycles. The number of unbranched alkanes of at least 4 members (excludes halogenated alkanes) is 1. The van der Waals surface area contributed by atoms with Crippen molar-refractivity contribution in [2.75, 3.05) is 5.32 Å². The average molecular weight is 460 g/mol. The largest absolute Gasteiger partial charge is 0.399 e. The molecule has 2 aromatic rings. The van der Waals surface area contributed by atoms with Gasteiger partial charge in [0.15, 0.2) is 0 Å². The fourth-order valence-corrected chi connectivity index (χ4v) is 4.05. The van der Waals surface area contributed by atoms with Crippen LogP contribution < -0.4 is 16.4 Å². The van der Waals surface area contributed by atoms with Crippen molar-refractivity contribution in [2.24, 2.45) is 5.73 Å². The Kier molecular flexibility index (Phi) is 11.2. The zero-order valence-electron chi connectivity index (χ0n) is 21.4. The zero-order valence-corrected chi connectivity index (χ0v) is 21.4. The molecule has 0 heterocycles. The van der Waals surface area contributed by atoms with Gasteiger partial charge in [-0.15, -0.1) is 0 Å². The third-order valence-electron chi connectivity index (χ3n) is 5.78. The molecule has 2 aromatic carbocycles. The minimum absolute atomic E-state index is 0.0671. The number of carbonyl (C=O) groups is 1. The van der Waals surface area contributed by atoms with E-state index in [-0.39, 0.29) is 11.9 Å². The Morgan fingerprint density at radius 1 is 1.00 bits per heavy atom. The standard InChI is InChI=1S/C28H35N3O.C2H6/c1-4-6-14-25(30-27-15-10-9-11-21(27)5-2)19-24(29)16-20(3)28(32)31-26-17-22-12-7-8-13-23(22)18-26;1-2/h7-16,19,26,30H,4-6,17-18,29H2,1-3H3,(H,31,32);1-2H3/b20-16+,24-19+,25-14-;.